The van der Waals surface area contributed by atoms with Gasteiger partial charge in [-0.25, -0.2) is 32.8 Å². The summed E-state index contributed by atoms with van der Waals surface area (Å²) in [4.78, 5) is 191. The molecule has 0 aromatic carbocycles. The lowest BCUT2D eigenvalue weighted by Gasteiger charge is -2.31. The van der Waals surface area contributed by atoms with Crippen LogP contribution in [0, 0.1) is 6.92 Å². The lowest BCUT2D eigenvalue weighted by Crippen LogP contribution is -2.52. The van der Waals surface area contributed by atoms with E-state index in [-0.39, 0.29) is 89.7 Å². The number of hydrazone groups is 1. The van der Waals surface area contributed by atoms with Crippen LogP contribution in [0.5, 0.6) is 0 Å². The van der Waals surface area contributed by atoms with Gasteiger partial charge in [0, 0.05) is 99.5 Å². The molecule has 0 saturated carbocycles. The number of amides is 15. The predicted octanol–water partition coefficient (Wildman–Crippen LogP) is 0.178. The summed E-state index contributed by atoms with van der Waals surface area (Å²) in [5, 5.41) is 16.8. The highest BCUT2D eigenvalue weighted by atomic mass is 32.2. The Morgan fingerprint density at radius 2 is 0.851 bits per heavy atom. The molecule has 0 unspecified atom stereocenters. The maximum Gasteiger partial charge on any atom is 0.367 e. The van der Waals surface area contributed by atoms with Gasteiger partial charge in [0.2, 0.25) is 21.5 Å². The number of barbiturate groups is 1. The third-order valence-electron chi connectivity index (χ3n) is 15.4. The number of nitrogens with zero attached hydrogens (tertiary/aromatic N) is 15. The molecule has 0 bridgehead atoms. The number of hydrogen-bond acceptors (Lipinski definition) is 24. The number of thiocarbonyl (C=S) groups is 1. The molecule has 9 aliphatic rings. The van der Waals surface area contributed by atoms with Gasteiger partial charge in [-0.15, -0.1) is 0 Å². The number of carbonyl (C=O) groups excluding carboxylic acids is 15. The number of ether oxygens (including phenoxy) is 1. The summed E-state index contributed by atoms with van der Waals surface area (Å²) in [5.74, 6) is -5.00. The maximum atomic E-state index is 11.7. The normalized spacial score (nSPS) is 18.6. The average molecular weight is 1440 g/mol. The molecule has 538 valence electrons. The molecule has 10 heterocycles. The average Bonchev–Trinajstić information content (AvgIpc) is 1.64. The van der Waals surface area contributed by atoms with Crippen LogP contribution in [-0.2, 0) is 84.0 Å². The van der Waals surface area contributed by atoms with Crippen molar-refractivity contribution in [3.63, 3.8) is 0 Å². The van der Waals surface area contributed by atoms with Crippen LogP contribution in [0.2, 0.25) is 0 Å². The van der Waals surface area contributed by atoms with E-state index in [1.807, 2.05) is 0 Å². The second-order valence-corrected chi connectivity index (χ2v) is 24.3. The molecule has 9 aliphatic heterocycles. The largest absolute Gasteiger partial charge is 0.480 e. The van der Waals surface area contributed by atoms with Crippen molar-refractivity contribution < 1.29 is 89.9 Å². The van der Waals surface area contributed by atoms with Crippen LogP contribution in [0.1, 0.15) is 57.5 Å². The van der Waals surface area contributed by atoms with Crippen LogP contribution in [-0.4, -0.2) is 251 Å². The van der Waals surface area contributed by atoms with Crippen molar-refractivity contribution in [2.24, 2.45) is 27.4 Å². The number of hydrogen-bond donors (Lipinski definition) is 0. The molecule has 0 N–H and O–H groups in total. The van der Waals surface area contributed by atoms with Gasteiger partial charge in [-0.05, 0) is 71.8 Å². The first kappa shape index (κ1) is 84.8. The molecule has 35 nitrogen and oxygen atoms in total. The number of rotatable bonds is 0. The number of urea groups is 2. The van der Waals surface area contributed by atoms with Gasteiger partial charge < -0.3 is 9.57 Å². The van der Waals surface area contributed by atoms with Crippen LogP contribution < -0.4 is 16.3 Å². The van der Waals surface area contributed by atoms with E-state index < -0.39 is 63.2 Å². The number of oxime groups is 1. The molecule has 1 aromatic rings. The van der Waals surface area contributed by atoms with Crippen LogP contribution in [0.3, 0.4) is 0 Å². The van der Waals surface area contributed by atoms with Gasteiger partial charge in [0.05, 0.1) is 56.9 Å². The van der Waals surface area contributed by atoms with Gasteiger partial charge in [-0.1, -0.05) is 64.4 Å². The third-order valence-corrected chi connectivity index (χ3v) is 17.9. The number of ketones is 1. The highest BCUT2D eigenvalue weighted by molar-refractivity contribution is 8.00. The minimum Gasteiger partial charge on any atom is -0.480 e. The zero-order chi connectivity index (χ0) is 78.9. The Balaban J connectivity index is 0.000000388. The van der Waals surface area contributed by atoms with Gasteiger partial charge in [0.15, 0.2) is 10.6 Å². The summed E-state index contributed by atoms with van der Waals surface area (Å²) in [6, 6.07) is -1.26. The second kappa shape index (κ2) is 33.3. The number of hydrazine groups is 1. The third kappa shape index (κ3) is 17.7. The summed E-state index contributed by atoms with van der Waals surface area (Å²) < 4.78 is 28.3. The second-order valence-electron chi connectivity index (χ2n) is 21.8. The number of pyridine rings is 1. The Labute approximate surface area is 585 Å². The zero-order valence-electron chi connectivity index (χ0n) is 59.1. The minimum atomic E-state index is -3.47. The van der Waals surface area contributed by atoms with Crippen molar-refractivity contribution in [3.05, 3.63) is 150 Å². The monoisotopic (exact) mass is 1440 g/mol. The molecule has 3 saturated heterocycles. The number of Topliss-reactive ketones (excluding diaryl/α,β-unsaturated/α-hetero) is 1. The molecule has 0 atom stereocenters. The number of fused-ring (bicyclic) bond motifs is 1. The Kier molecular flexibility index (Phi) is 28.0. The first-order valence-electron chi connectivity index (χ1n) is 28.6. The number of aromatic nitrogens is 1. The molecule has 0 radical (unpaired) electrons. The first-order valence-corrected chi connectivity index (χ1v) is 30.4. The Morgan fingerprint density at radius 3 is 1.17 bits per heavy atom. The Hall–Kier alpha value is -12.3. The standard InChI is InChI=1S/C10H11N3O2.C9H11NO2.2C7H8N2O3.C7H8N2O2S.C7H8O3S.C6H8N2O2.C6H8N2O.C5H5NO2/c1-5-6(2)9(14)12(3)8-7(5)10(15)13(4)11-8;1-5-6(2)8(11)10(4)9(12)7(5)3;1-4-5(12-3)8-7(11)9(2)6(4)10;2*1-4-5(10)8(2)7(12)9(3)6(4)11;1-4-5(2)11(9,10)6(3)7(4)8;1-4-5(9)7(2)8(3)6(4)10;1-4-5(2)7-8(3)6(4)9;1-3-4(2)6-8-5(3)7/h2H2,1,3-4H3;2H2,1,3-4H3;3*1H2,2-3H3;3H2,1-2H3;1H2,2-3H3;1H2,2-3H3;1H2,2H3. The van der Waals surface area contributed by atoms with E-state index in [2.05, 4.69) is 89.1 Å². The van der Waals surface area contributed by atoms with Crippen molar-refractivity contribution in [2.45, 2.75) is 48.5 Å². The minimum absolute atomic E-state index is 0.0110. The lowest BCUT2D eigenvalue weighted by atomic mass is 9.98. The van der Waals surface area contributed by atoms with E-state index in [1.165, 1.54) is 112 Å². The number of imide groups is 4. The topological polar surface area (TPSA) is 412 Å². The number of aliphatic imine (C=N–C) groups is 1. The summed E-state index contributed by atoms with van der Waals surface area (Å²) in [6.45, 7) is 42.4. The summed E-state index contributed by atoms with van der Waals surface area (Å²) in [5.41, 5.74) is 5.32. The molecule has 101 heavy (non-hydrogen) atoms. The Morgan fingerprint density at radius 1 is 0.436 bits per heavy atom. The van der Waals surface area contributed by atoms with Crippen molar-refractivity contribution in [1.82, 2.24) is 54.0 Å². The number of sulfone groups is 1. The number of likely N-dealkylation sites (N-methyl/N-ethyl adjacent to an activating group) is 9. The van der Waals surface area contributed by atoms with Gasteiger partial charge >= 0.3 is 18.0 Å². The molecular formula is C64H75N15O20S2. The summed E-state index contributed by atoms with van der Waals surface area (Å²) >= 11 is 4.83. The van der Waals surface area contributed by atoms with Crippen molar-refractivity contribution in [3.8, 4) is 0 Å². The van der Waals surface area contributed by atoms with Gasteiger partial charge in [0.1, 0.15) is 10.5 Å². The molecule has 15 amide bonds. The summed E-state index contributed by atoms with van der Waals surface area (Å²) in [7, 11) is 14.1. The fraction of sp³-hybridized carbons (Fsp3) is 0.297. The van der Waals surface area contributed by atoms with Crippen LogP contribution >= 0.6 is 12.2 Å². The predicted molar refractivity (Wildman–Crippen MR) is 369 cm³/mol. The van der Waals surface area contributed by atoms with E-state index in [1.54, 1.807) is 55.8 Å². The van der Waals surface area contributed by atoms with Crippen LogP contribution in [0.25, 0.3) is 6.58 Å². The van der Waals surface area contributed by atoms with Crippen LogP contribution in [0.15, 0.2) is 143 Å². The smallest absolute Gasteiger partial charge is 0.367 e. The number of allylic oxidation sites excluding steroid dienone is 3. The quantitative estimate of drug-likeness (QED) is 0.110. The van der Waals surface area contributed by atoms with Crippen molar-refractivity contribution in [1.29, 1.82) is 0 Å². The van der Waals surface area contributed by atoms with E-state index in [4.69, 9.17) is 12.2 Å². The number of methoxy groups -OCH3 is 1. The zero-order valence-corrected chi connectivity index (χ0v) is 60.7. The Bertz CT molecular complexity index is 4440. The van der Waals surface area contributed by atoms with E-state index in [0.717, 1.165) is 19.6 Å². The number of carbonyl (C=O) groups is 15. The van der Waals surface area contributed by atoms with Crippen LogP contribution in [0.4, 0.5) is 9.59 Å². The molecule has 0 spiro atoms. The van der Waals surface area contributed by atoms with Crippen molar-refractivity contribution in [2.75, 3.05) is 77.6 Å². The molecule has 1 aromatic heterocycles. The molecule has 37 heteroatoms. The maximum absolute atomic E-state index is 11.7. The van der Waals surface area contributed by atoms with Gasteiger partial charge in [-0.2, -0.15) is 15.2 Å². The highest BCUT2D eigenvalue weighted by Gasteiger charge is 2.39. The van der Waals surface area contributed by atoms with Gasteiger partial charge in [-0.3, -0.25) is 106 Å². The first-order chi connectivity index (χ1) is 46.2. The lowest BCUT2D eigenvalue weighted by molar-refractivity contribution is -0.141. The van der Waals surface area contributed by atoms with E-state index >= 15 is 0 Å². The summed E-state index contributed by atoms with van der Waals surface area (Å²) in [6.07, 6.45) is 0. The van der Waals surface area contributed by atoms with Crippen molar-refractivity contribution >= 4 is 140 Å². The fourth-order valence-corrected chi connectivity index (χ4v) is 9.44. The fourth-order valence-electron chi connectivity index (χ4n) is 8.01. The van der Waals surface area contributed by atoms with E-state index in [9.17, 15) is 85.1 Å². The van der Waals surface area contributed by atoms with E-state index in [0.29, 0.717) is 61.1 Å². The molecule has 3 fully saturated rings. The SMILES string of the molecule is C=C1C(=O)C(C)=C(C)S1(=O)=O.C=C1C(=O)N(C)C(=O)C(C)=C1C.C=C1C(=O)N(C)C(=O)N(C)C1=O.C=C1C(=O)N(C)C(=O)N=C1OC.C=C1C(=O)N(C)C(=S)N(C)C1=O.C=C1C(=O)N(C)N(C)C1=O.C=C1C(=O)N(C)N=C1C.C=C1C(=O)ON=C1C.C=c1c(C)c2c(n(C)c1=O)=NN(C)C2=O. The molecule has 0 aliphatic carbocycles. The highest BCUT2D eigenvalue weighted by Crippen LogP contribution is 2.30. The molecule has 10 rings (SSSR count). The molecular weight excluding hydrogens is 1360 g/mol. The van der Waals surface area contributed by atoms with Gasteiger partial charge in [0.25, 0.3) is 70.5 Å².